The maximum atomic E-state index is 10.8. The van der Waals surface area contributed by atoms with Gasteiger partial charge in [0.1, 0.15) is 6.10 Å². The van der Waals surface area contributed by atoms with Gasteiger partial charge in [0.2, 0.25) is 0 Å². The Morgan fingerprint density at radius 2 is 2.10 bits per heavy atom. The van der Waals surface area contributed by atoms with Crippen molar-refractivity contribution in [1.29, 1.82) is 0 Å². The number of aliphatic hydroxyl groups excluding tert-OH is 1. The van der Waals surface area contributed by atoms with Crippen LogP contribution in [-0.4, -0.2) is 67.3 Å². The molecule has 0 spiro atoms. The minimum absolute atomic E-state index is 0.00588. The third kappa shape index (κ3) is 4.37. The van der Waals surface area contributed by atoms with Crippen molar-refractivity contribution in [2.75, 3.05) is 33.4 Å². The molecule has 1 aromatic rings. The minimum Gasteiger partial charge on any atom is -0.493 e. The van der Waals surface area contributed by atoms with Crippen molar-refractivity contribution in [2.24, 2.45) is 0 Å². The van der Waals surface area contributed by atoms with Gasteiger partial charge >= 0.3 is 0 Å². The number of methoxy groups -OCH3 is 1. The first-order chi connectivity index (χ1) is 13.8. The molecule has 4 atom stereocenters. The molecule has 4 rings (SSSR count). The first-order valence-electron chi connectivity index (χ1n) is 10.5. The molecule has 6 nitrogen and oxygen atoms in total. The minimum atomic E-state index is -0.516. The van der Waals surface area contributed by atoms with Crippen LogP contribution in [0.3, 0.4) is 0 Å². The smallest absolute Gasteiger partial charge is 0.180 e. The summed E-state index contributed by atoms with van der Waals surface area (Å²) in [6, 6.07) is 2.14. The highest BCUT2D eigenvalue weighted by Crippen LogP contribution is 2.47. The average Bonchev–Trinajstić information content (AvgIpc) is 3.16. The lowest BCUT2D eigenvalue weighted by atomic mass is 9.84. The van der Waals surface area contributed by atoms with E-state index in [2.05, 4.69) is 4.90 Å². The summed E-state index contributed by atoms with van der Waals surface area (Å²) in [4.78, 5) is 2.40. The van der Waals surface area contributed by atoms with E-state index >= 15 is 0 Å². The summed E-state index contributed by atoms with van der Waals surface area (Å²) in [6.07, 6.45) is 1.61. The molecule has 1 N–H and O–H groups in total. The molecule has 0 radical (unpaired) electrons. The molecule has 0 aromatic heterocycles. The van der Waals surface area contributed by atoms with E-state index in [1.165, 1.54) is 0 Å². The van der Waals surface area contributed by atoms with Gasteiger partial charge in [0.15, 0.2) is 11.5 Å². The van der Waals surface area contributed by atoms with Gasteiger partial charge in [-0.25, -0.2) is 0 Å². The van der Waals surface area contributed by atoms with Crippen molar-refractivity contribution < 1.29 is 24.1 Å². The predicted octanol–water partition coefficient (Wildman–Crippen LogP) is 3.36. The Morgan fingerprint density at radius 1 is 1.31 bits per heavy atom. The number of ether oxygens (including phenoxy) is 4. The molecule has 3 aliphatic heterocycles. The molecule has 0 unspecified atom stereocenters. The number of hydrogen-bond donors (Lipinski definition) is 1. The zero-order valence-corrected chi connectivity index (χ0v) is 18.5. The van der Waals surface area contributed by atoms with Crippen molar-refractivity contribution in [3.8, 4) is 11.5 Å². The van der Waals surface area contributed by atoms with Gasteiger partial charge in [-0.15, -0.1) is 0 Å². The van der Waals surface area contributed by atoms with Crippen LogP contribution in [0.2, 0.25) is 5.02 Å². The molecule has 3 aliphatic rings. The number of rotatable bonds is 4. The molecule has 0 bridgehead atoms. The van der Waals surface area contributed by atoms with Crippen molar-refractivity contribution >= 4 is 11.6 Å². The van der Waals surface area contributed by atoms with Gasteiger partial charge in [0, 0.05) is 25.6 Å². The Bertz CT molecular complexity index is 744. The van der Waals surface area contributed by atoms with Crippen LogP contribution in [0.15, 0.2) is 6.07 Å². The Kier molecular flexibility index (Phi) is 6.02. The van der Waals surface area contributed by atoms with Crippen molar-refractivity contribution in [3.63, 3.8) is 0 Å². The molecule has 1 aromatic carbocycles. The number of piperidine rings is 1. The zero-order chi connectivity index (χ0) is 20.8. The Hall–Kier alpha value is -1.05. The summed E-state index contributed by atoms with van der Waals surface area (Å²) in [5.74, 6) is 1.26. The van der Waals surface area contributed by atoms with Crippen molar-refractivity contribution in [2.45, 2.75) is 70.0 Å². The standard InChI is InChI=1S/C22H32ClNO5/c1-22(2,3)29-19-11-24-7-5-14-15(16(24)10-17(19)25)9-18(26-4)21(20(14)23)28-13-6-8-27-12-13/h9,13,16-17,19,25H,5-8,10-12H2,1-4H3/t13-,16-,17-,19-/m1/s1. The van der Waals surface area contributed by atoms with Gasteiger partial charge in [-0.3, -0.25) is 4.90 Å². The largest absolute Gasteiger partial charge is 0.493 e. The van der Waals surface area contributed by atoms with Crippen LogP contribution in [-0.2, 0) is 15.9 Å². The van der Waals surface area contributed by atoms with Crippen LogP contribution in [0.4, 0.5) is 0 Å². The number of halogens is 1. The van der Waals surface area contributed by atoms with E-state index in [4.69, 9.17) is 30.5 Å². The number of hydrogen-bond acceptors (Lipinski definition) is 6. The summed E-state index contributed by atoms with van der Waals surface area (Å²) in [5, 5.41) is 11.4. The fourth-order valence-corrected chi connectivity index (χ4v) is 5.00. The summed E-state index contributed by atoms with van der Waals surface area (Å²) < 4.78 is 23.3. The molecule has 29 heavy (non-hydrogen) atoms. The third-order valence-electron chi connectivity index (χ3n) is 5.98. The fraction of sp³-hybridized carbons (Fsp3) is 0.727. The lowest BCUT2D eigenvalue weighted by Gasteiger charge is -2.47. The van der Waals surface area contributed by atoms with Crippen LogP contribution >= 0.6 is 11.6 Å². The van der Waals surface area contributed by atoms with Gasteiger partial charge in [0.25, 0.3) is 0 Å². The van der Waals surface area contributed by atoms with Crippen molar-refractivity contribution in [1.82, 2.24) is 4.90 Å². The molecule has 0 amide bonds. The summed E-state index contributed by atoms with van der Waals surface area (Å²) in [7, 11) is 1.64. The molecular formula is C22H32ClNO5. The van der Waals surface area contributed by atoms with Crippen LogP contribution in [0.25, 0.3) is 0 Å². The Morgan fingerprint density at radius 3 is 2.76 bits per heavy atom. The van der Waals surface area contributed by atoms with E-state index < -0.39 is 6.10 Å². The van der Waals surface area contributed by atoms with Gasteiger partial charge in [-0.1, -0.05) is 11.6 Å². The molecule has 162 valence electrons. The molecule has 2 saturated heterocycles. The molecule has 0 saturated carbocycles. The highest BCUT2D eigenvalue weighted by atomic mass is 35.5. The number of benzene rings is 1. The Balaban J connectivity index is 1.61. The molecule has 3 heterocycles. The SMILES string of the molecule is COc1cc2c(c(Cl)c1O[C@@H]1CCOC1)CCN1C[C@@H](OC(C)(C)C)[C@H](O)C[C@H]21. The van der Waals surface area contributed by atoms with E-state index in [1.807, 2.05) is 26.8 Å². The maximum Gasteiger partial charge on any atom is 0.180 e. The molecule has 7 heteroatoms. The topological polar surface area (TPSA) is 60.4 Å². The molecular weight excluding hydrogens is 394 g/mol. The molecule has 0 aliphatic carbocycles. The van der Waals surface area contributed by atoms with E-state index in [9.17, 15) is 5.11 Å². The zero-order valence-electron chi connectivity index (χ0n) is 17.7. The summed E-state index contributed by atoms with van der Waals surface area (Å²) in [6.45, 7) is 8.96. The second-order valence-electron chi connectivity index (χ2n) is 9.23. The predicted molar refractivity (Wildman–Crippen MR) is 111 cm³/mol. The van der Waals surface area contributed by atoms with Crippen molar-refractivity contribution in [3.05, 3.63) is 22.2 Å². The first kappa shape index (κ1) is 21.2. The summed E-state index contributed by atoms with van der Waals surface area (Å²) >= 11 is 6.82. The average molecular weight is 426 g/mol. The number of nitrogens with zero attached hydrogens (tertiary/aromatic N) is 1. The van der Waals surface area contributed by atoms with Crippen LogP contribution in [0, 0.1) is 0 Å². The van der Waals surface area contributed by atoms with Crippen LogP contribution in [0.5, 0.6) is 11.5 Å². The summed E-state index contributed by atoms with van der Waals surface area (Å²) in [5.41, 5.74) is 1.95. The highest BCUT2D eigenvalue weighted by molar-refractivity contribution is 6.33. The van der Waals surface area contributed by atoms with E-state index in [-0.39, 0.29) is 23.9 Å². The van der Waals surface area contributed by atoms with Gasteiger partial charge in [-0.2, -0.15) is 0 Å². The number of aliphatic hydroxyl groups is 1. The first-order valence-corrected chi connectivity index (χ1v) is 10.9. The fourth-order valence-electron chi connectivity index (χ4n) is 4.66. The molecule has 2 fully saturated rings. The van der Waals surface area contributed by atoms with Gasteiger partial charge in [-0.05, 0) is 50.8 Å². The highest BCUT2D eigenvalue weighted by Gasteiger charge is 2.41. The van der Waals surface area contributed by atoms with E-state index in [1.54, 1.807) is 7.11 Å². The van der Waals surface area contributed by atoms with Crippen LogP contribution < -0.4 is 9.47 Å². The lowest BCUT2D eigenvalue weighted by Crippen LogP contribution is -2.53. The normalized spacial score (nSPS) is 30.0. The van der Waals surface area contributed by atoms with Crippen LogP contribution in [0.1, 0.15) is 50.8 Å². The Labute approximate surface area is 178 Å². The van der Waals surface area contributed by atoms with Gasteiger partial charge in [0.05, 0.1) is 43.2 Å². The van der Waals surface area contributed by atoms with E-state index in [0.29, 0.717) is 42.7 Å². The monoisotopic (exact) mass is 425 g/mol. The lowest BCUT2D eigenvalue weighted by molar-refractivity contribution is -0.149. The van der Waals surface area contributed by atoms with Gasteiger partial charge < -0.3 is 24.1 Å². The number of fused-ring (bicyclic) bond motifs is 3. The maximum absolute atomic E-state index is 10.8. The second-order valence-corrected chi connectivity index (χ2v) is 9.60. The second kappa shape index (κ2) is 8.23. The van der Waals surface area contributed by atoms with E-state index in [0.717, 1.165) is 30.5 Å². The quantitative estimate of drug-likeness (QED) is 0.798. The third-order valence-corrected chi connectivity index (χ3v) is 6.38.